The van der Waals surface area contributed by atoms with Crippen LogP contribution in [0.2, 0.25) is 0 Å². The molecule has 0 fully saturated rings. The summed E-state index contributed by atoms with van der Waals surface area (Å²) in [6.07, 6.45) is 5.95. The summed E-state index contributed by atoms with van der Waals surface area (Å²) in [4.78, 5) is 0. The molecular formula is C10H22O3. The molecule has 3 nitrogen and oxygen atoms in total. The van der Waals surface area contributed by atoms with Crippen molar-refractivity contribution in [2.75, 3.05) is 26.4 Å². The Kier molecular flexibility index (Phi) is 11.8. The van der Waals surface area contributed by atoms with E-state index in [1.54, 1.807) is 0 Å². The van der Waals surface area contributed by atoms with Gasteiger partial charge in [-0.3, -0.25) is 0 Å². The van der Waals surface area contributed by atoms with E-state index in [0.717, 1.165) is 51.7 Å². The number of rotatable bonds is 10. The number of hydrogen-bond acceptors (Lipinski definition) is 3. The maximum Gasteiger partial charge on any atom is 0.0466 e. The van der Waals surface area contributed by atoms with Gasteiger partial charge in [0.25, 0.3) is 0 Å². The van der Waals surface area contributed by atoms with Crippen LogP contribution in [0.3, 0.4) is 0 Å². The molecule has 0 radical (unpaired) electrons. The van der Waals surface area contributed by atoms with E-state index < -0.39 is 0 Å². The average Bonchev–Trinajstić information content (AvgIpc) is 2.16. The zero-order valence-corrected chi connectivity index (χ0v) is 8.37. The molecule has 0 unspecified atom stereocenters. The largest absolute Gasteiger partial charge is 0.396 e. The Labute approximate surface area is 80.7 Å². The molecule has 13 heavy (non-hydrogen) atoms. The predicted octanol–water partition coefficient (Wildman–Crippen LogP) is 1.33. The van der Waals surface area contributed by atoms with Crippen LogP contribution in [0.4, 0.5) is 0 Å². The van der Waals surface area contributed by atoms with Crippen molar-refractivity contribution in [3.63, 3.8) is 0 Å². The van der Waals surface area contributed by atoms with Crippen molar-refractivity contribution in [1.29, 1.82) is 0 Å². The molecule has 0 aliphatic heterocycles. The van der Waals surface area contributed by atoms with E-state index in [2.05, 4.69) is 0 Å². The first kappa shape index (κ1) is 12.9. The van der Waals surface area contributed by atoms with Gasteiger partial charge in [0.1, 0.15) is 0 Å². The smallest absolute Gasteiger partial charge is 0.0466 e. The van der Waals surface area contributed by atoms with Gasteiger partial charge in [0.15, 0.2) is 0 Å². The molecule has 0 aromatic rings. The fourth-order valence-electron chi connectivity index (χ4n) is 1.09. The quantitative estimate of drug-likeness (QED) is 0.511. The normalized spacial score (nSPS) is 10.6. The number of unbranched alkanes of at least 4 members (excludes halogenated alkanes) is 4. The van der Waals surface area contributed by atoms with Gasteiger partial charge in [0.05, 0.1) is 0 Å². The molecule has 0 aliphatic rings. The third-order valence-electron chi connectivity index (χ3n) is 1.89. The molecule has 0 aromatic heterocycles. The molecule has 0 heterocycles. The Balaban J connectivity index is 2.76. The van der Waals surface area contributed by atoms with Crippen LogP contribution in [-0.2, 0) is 4.74 Å². The minimum absolute atomic E-state index is 0.288. The molecule has 0 aliphatic carbocycles. The molecule has 0 aromatic carbocycles. The standard InChI is InChI=1S/C10H22O3/c11-7-3-1-5-9-13-10-6-2-4-8-12/h11-12H,1-10H2. The highest BCUT2D eigenvalue weighted by atomic mass is 16.5. The van der Waals surface area contributed by atoms with Crippen molar-refractivity contribution in [3.8, 4) is 0 Å². The maximum absolute atomic E-state index is 8.50. The molecule has 0 rings (SSSR count). The van der Waals surface area contributed by atoms with Gasteiger partial charge in [-0.2, -0.15) is 0 Å². The summed E-state index contributed by atoms with van der Waals surface area (Å²) in [6, 6.07) is 0. The Morgan fingerprint density at radius 3 is 1.46 bits per heavy atom. The van der Waals surface area contributed by atoms with Gasteiger partial charge in [0, 0.05) is 26.4 Å². The second-order valence-corrected chi connectivity index (χ2v) is 3.18. The van der Waals surface area contributed by atoms with Gasteiger partial charge in [-0.05, 0) is 38.5 Å². The van der Waals surface area contributed by atoms with E-state index in [1.165, 1.54) is 0 Å². The molecule has 0 atom stereocenters. The number of ether oxygens (including phenoxy) is 1. The topological polar surface area (TPSA) is 49.7 Å². The first-order chi connectivity index (χ1) is 6.41. The minimum Gasteiger partial charge on any atom is -0.396 e. The van der Waals surface area contributed by atoms with Crippen molar-refractivity contribution < 1.29 is 14.9 Å². The van der Waals surface area contributed by atoms with Crippen LogP contribution >= 0.6 is 0 Å². The average molecular weight is 190 g/mol. The first-order valence-corrected chi connectivity index (χ1v) is 5.21. The maximum atomic E-state index is 8.50. The van der Waals surface area contributed by atoms with Crippen LogP contribution in [0, 0.1) is 0 Å². The summed E-state index contributed by atoms with van der Waals surface area (Å²) >= 11 is 0. The second kappa shape index (κ2) is 11.9. The summed E-state index contributed by atoms with van der Waals surface area (Å²) in [5, 5.41) is 17.0. The summed E-state index contributed by atoms with van der Waals surface area (Å²) < 4.78 is 5.36. The molecule has 0 amide bonds. The van der Waals surface area contributed by atoms with E-state index in [9.17, 15) is 0 Å². The first-order valence-electron chi connectivity index (χ1n) is 5.21. The molecule has 2 N–H and O–H groups in total. The molecule has 0 bridgehead atoms. The highest BCUT2D eigenvalue weighted by molar-refractivity contribution is 4.41. The van der Waals surface area contributed by atoms with Crippen LogP contribution in [0.1, 0.15) is 38.5 Å². The molecule has 0 saturated heterocycles. The summed E-state index contributed by atoms with van der Waals surface area (Å²) in [5.74, 6) is 0. The molecule has 3 heteroatoms. The number of aliphatic hydroxyl groups is 2. The second-order valence-electron chi connectivity index (χ2n) is 3.18. The van der Waals surface area contributed by atoms with Crippen molar-refractivity contribution in [1.82, 2.24) is 0 Å². The van der Waals surface area contributed by atoms with Crippen molar-refractivity contribution in [2.45, 2.75) is 38.5 Å². The highest BCUT2D eigenvalue weighted by Crippen LogP contribution is 1.98. The third-order valence-corrected chi connectivity index (χ3v) is 1.89. The van der Waals surface area contributed by atoms with E-state index in [-0.39, 0.29) is 13.2 Å². The van der Waals surface area contributed by atoms with E-state index in [0.29, 0.717) is 0 Å². The monoisotopic (exact) mass is 190 g/mol. The van der Waals surface area contributed by atoms with Gasteiger partial charge in [0.2, 0.25) is 0 Å². The van der Waals surface area contributed by atoms with Crippen LogP contribution in [0.25, 0.3) is 0 Å². The predicted molar refractivity (Wildman–Crippen MR) is 52.7 cm³/mol. The van der Waals surface area contributed by atoms with Crippen molar-refractivity contribution >= 4 is 0 Å². The lowest BCUT2D eigenvalue weighted by Crippen LogP contribution is -1.98. The van der Waals surface area contributed by atoms with Gasteiger partial charge < -0.3 is 14.9 Å². The Hall–Kier alpha value is -0.120. The molecular weight excluding hydrogens is 168 g/mol. The lowest BCUT2D eigenvalue weighted by molar-refractivity contribution is 0.123. The van der Waals surface area contributed by atoms with Crippen molar-refractivity contribution in [2.24, 2.45) is 0 Å². The Bertz CT molecular complexity index is 76.2. The van der Waals surface area contributed by atoms with Gasteiger partial charge in [-0.25, -0.2) is 0 Å². The summed E-state index contributed by atoms with van der Waals surface area (Å²) in [7, 11) is 0. The minimum atomic E-state index is 0.288. The zero-order valence-electron chi connectivity index (χ0n) is 8.37. The molecule has 0 spiro atoms. The molecule has 0 saturated carbocycles. The van der Waals surface area contributed by atoms with Gasteiger partial charge >= 0.3 is 0 Å². The van der Waals surface area contributed by atoms with Crippen LogP contribution < -0.4 is 0 Å². The van der Waals surface area contributed by atoms with E-state index >= 15 is 0 Å². The van der Waals surface area contributed by atoms with Crippen LogP contribution in [-0.4, -0.2) is 36.6 Å². The zero-order chi connectivity index (χ0) is 9.78. The summed E-state index contributed by atoms with van der Waals surface area (Å²) in [5.41, 5.74) is 0. The fourth-order valence-corrected chi connectivity index (χ4v) is 1.09. The van der Waals surface area contributed by atoms with E-state index in [4.69, 9.17) is 14.9 Å². The van der Waals surface area contributed by atoms with Gasteiger partial charge in [-0.1, -0.05) is 0 Å². The number of aliphatic hydroxyl groups excluding tert-OH is 2. The Morgan fingerprint density at radius 1 is 0.615 bits per heavy atom. The molecule has 80 valence electrons. The number of hydrogen-bond donors (Lipinski definition) is 2. The fraction of sp³-hybridized carbons (Fsp3) is 1.00. The lowest BCUT2D eigenvalue weighted by atomic mass is 10.2. The van der Waals surface area contributed by atoms with E-state index in [1.807, 2.05) is 0 Å². The Morgan fingerprint density at radius 2 is 1.08 bits per heavy atom. The summed E-state index contributed by atoms with van der Waals surface area (Å²) in [6.45, 7) is 2.19. The lowest BCUT2D eigenvalue weighted by Gasteiger charge is -2.02. The highest BCUT2D eigenvalue weighted by Gasteiger charge is 1.90. The van der Waals surface area contributed by atoms with Gasteiger partial charge in [-0.15, -0.1) is 0 Å². The van der Waals surface area contributed by atoms with Crippen LogP contribution in [0.5, 0.6) is 0 Å². The van der Waals surface area contributed by atoms with Crippen LogP contribution in [0.15, 0.2) is 0 Å². The third kappa shape index (κ3) is 11.9. The van der Waals surface area contributed by atoms with Crippen molar-refractivity contribution in [3.05, 3.63) is 0 Å². The SMILES string of the molecule is OCCCCCOCCCCCO.